The Morgan fingerprint density at radius 3 is 0.714 bits per heavy atom. The van der Waals surface area contributed by atoms with E-state index in [1.165, 1.54) is 0 Å². The van der Waals surface area contributed by atoms with E-state index in [4.69, 9.17) is 0 Å². The molecule has 0 bridgehead atoms. The molecule has 0 amide bonds. The van der Waals surface area contributed by atoms with Crippen LogP contribution in [0.25, 0.3) is 0 Å². The molecule has 0 aromatic carbocycles. The van der Waals surface area contributed by atoms with Gasteiger partial charge >= 0.3 is 204 Å². The van der Waals surface area contributed by atoms with Gasteiger partial charge in [0.05, 0.1) is 0 Å². The maximum absolute atomic E-state index is 4.04. The van der Waals surface area contributed by atoms with E-state index in [1.807, 2.05) is 0 Å². The third-order valence-corrected chi connectivity index (χ3v) is 23.8. The van der Waals surface area contributed by atoms with Gasteiger partial charge < -0.3 is 0 Å². The summed E-state index contributed by atoms with van der Waals surface area (Å²) in [6.45, 7) is 31.5. The zero-order chi connectivity index (χ0) is 22.3. The first-order valence-corrected chi connectivity index (χ1v) is 21.7. The summed E-state index contributed by atoms with van der Waals surface area (Å²) in [7, 11) is 0. The van der Waals surface area contributed by atoms with E-state index in [-0.39, 0.29) is 0 Å². The summed E-state index contributed by atoms with van der Waals surface area (Å²) >= 11 is 5.53. The van der Waals surface area contributed by atoms with Gasteiger partial charge in [-0.05, 0) is 0 Å². The van der Waals surface area contributed by atoms with Gasteiger partial charge in [0, 0.05) is 0 Å². The molecular weight excluding hydrogens is 612 g/mol. The van der Waals surface area contributed by atoms with Crippen LogP contribution < -0.4 is 0 Å². The van der Waals surface area contributed by atoms with Crippen LogP contribution in [0.3, 0.4) is 0 Å². The van der Waals surface area contributed by atoms with Crippen LogP contribution in [-0.4, -0.2) is 84.4 Å². The van der Waals surface area contributed by atoms with Crippen molar-refractivity contribution in [1.29, 1.82) is 0 Å². The molecule has 0 aliphatic rings. The molecule has 170 valence electrons. The Kier molecular flexibility index (Phi) is 12.3. The van der Waals surface area contributed by atoms with Crippen molar-refractivity contribution < 1.29 is 0 Å². The first-order chi connectivity index (χ1) is 12.9. The molecule has 0 radical (unpaired) electrons. The van der Waals surface area contributed by atoms with Gasteiger partial charge in [-0.2, -0.15) is 0 Å². The van der Waals surface area contributed by atoms with Gasteiger partial charge in [0.15, 0.2) is 0 Å². The molecule has 0 atom stereocenters. The second-order valence-corrected chi connectivity index (χ2v) is 29.3. The predicted molar refractivity (Wildman–Crippen MR) is 153 cm³/mol. The van der Waals surface area contributed by atoms with Crippen LogP contribution in [0.15, 0.2) is 0 Å². The van der Waals surface area contributed by atoms with E-state index >= 15 is 0 Å². The Balaban J connectivity index is 6.96. The Morgan fingerprint density at radius 1 is 0.464 bits per heavy atom. The SMILES string of the molecule is CCN(CC)P(C)(I)(C#CP(C)(I)(N(CC)CC)N(CC)CC)N(CC)CC. The zero-order valence-corrected chi connectivity index (χ0v) is 26.2. The Morgan fingerprint density at radius 2 is 0.607 bits per heavy atom. The molecule has 0 heterocycles. The van der Waals surface area contributed by atoms with Gasteiger partial charge in [-0.1, -0.05) is 0 Å². The molecule has 0 saturated carbocycles. The average Bonchev–Trinajstić information content (AvgIpc) is 2.64. The van der Waals surface area contributed by atoms with E-state index in [0.717, 1.165) is 52.4 Å². The summed E-state index contributed by atoms with van der Waals surface area (Å²) in [5.41, 5.74) is 8.08. The number of halogens is 2. The van der Waals surface area contributed by atoms with Crippen molar-refractivity contribution in [3.8, 4) is 11.3 Å². The van der Waals surface area contributed by atoms with Crippen molar-refractivity contribution in [2.75, 3.05) is 65.7 Å². The number of hydrogen-bond donors (Lipinski definition) is 0. The van der Waals surface area contributed by atoms with Crippen LogP contribution in [0.5, 0.6) is 0 Å². The molecule has 0 aliphatic heterocycles. The summed E-state index contributed by atoms with van der Waals surface area (Å²) in [6.07, 6.45) is 0. The average molecular weight is 658 g/mol. The first-order valence-electron chi connectivity index (χ1n) is 10.9. The van der Waals surface area contributed by atoms with Gasteiger partial charge in [-0.3, -0.25) is 0 Å². The van der Waals surface area contributed by atoms with Gasteiger partial charge in [-0.15, -0.1) is 0 Å². The number of hydrogen-bond acceptors (Lipinski definition) is 4. The number of rotatable bonds is 12. The Bertz CT molecular complexity index is 466. The third kappa shape index (κ3) is 5.74. The predicted octanol–water partition coefficient (Wildman–Crippen LogP) is 7.00. The van der Waals surface area contributed by atoms with Gasteiger partial charge in [0.1, 0.15) is 0 Å². The zero-order valence-electron chi connectivity index (χ0n) is 20.1. The molecule has 0 spiro atoms. The van der Waals surface area contributed by atoms with E-state index < -0.39 is 9.09 Å². The van der Waals surface area contributed by atoms with Crippen LogP contribution in [0, 0.1) is 11.3 Å². The second-order valence-electron chi connectivity index (χ2n) is 7.41. The minimum absolute atomic E-state index is 1.04. The molecule has 0 aliphatic carbocycles. The molecular formula is C20H46I2N4P2. The molecule has 0 saturated heterocycles. The molecule has 0 rings (SSSR count). The van der Waals surface area contributed by atoms with Crippen LogP contribution in [-0.2, 0) is 0 Å². The molecule has 4 nitrogen and oxygen atoms in total. The number of nitrogens with zero attached hydrogens (tertiary/aromatic N) is 4. The first kappa shape index (κ1) is 29.7. The van der Waals surface area contributed by atoms with Crippen molar-refractivity contribution in [2.45, 2.75) is 55.4 Å². The van der Waals surface area contributed by atoms with Crippen molar-refractivity contribution in [1.82, 2.24) is 18.7 Å². The van der Waals surface area contributed by atoms with Crippen molar-refractivity contribution >= 4 is 53.2 Å². The fraction of sp³-hybridized carbons (Fsp3) is 0.900. The van der Waals surface area contributed by atoms with E-state index in [0.29, 0.717) is 0 Å². The van der Waals surface area contributed by atoms with Crippen LogP contribution in [0.4, 0.5) is 0 Å². The second kappa shape index (κ2) is 11.5. The standard InChI is InChI=1S/C20H46I2N4P2/c1-11-23(12-2)27(9,21,24(13-3)14-4)19-20-28(10,22,25(15-5)16-6)26(17-7)18-8/h11-18H2,1-10H3. The van der Waals surface area contributed by atoms with Crippen LogP contribution >= 0.6 is 53.2 Å². The van der Waals surface area contributed by atoms with Crippen LogP contribution in [0.2, 0.25) is 0 Å². The fourth-order valence-electron chi connectivity index (χ4n) is 4.39. The molecule has 28 heavy (non-hydrogen) atoms. The summed E-state index contributed by atoms with van der Waals surface area (Å²) in [5, 5.41) is 0. The molecule has 0 N–H and O–H groups in total. The topological polar surface area (TPSA) is 13.0 Å². The van der Waals surface area contributed by atoms with Crippen molar-refractivity contribution in [3.63, 3.8) is 0 Å². The summed E-state index contributed by atoms with van der Waals surface area (Å²) in [6, 6.07) is 0. The minimum atomic E-state index is -2.56. The molecule has 0 aromatic heterocycles. The molecule has 0 unspecified atom stereocenters. The summed E-state index contributed by atoms with van der Waals surface area (Å²) in [4.78, 5) is 0. The summed E-state index contributed by atoms with van der Waals surface area (Å²) in [5.74, 6) is 0. The quantitative estimate of drug-likeness (QED) is 0.127. The van der Waals surface area contributed by atoms with E-state index in [2.05, 4.69) is 143 Å². The van der Waals surface area contributed by atoms with Crippen molar-refractivity contribution in [3.05, 3.63) is 0 Å². The molecule has 0 aromatic rings. The van der Waals surface area contributed by atoms with E-state index in [1.54, 1.807) is 0 Å². The Hall–Kier alpha value is 1.72. The molecule has 8 heteroatoms. The van der Waals surface area contributed by atoms with Gasteiger partial charge in [0.25, 0.3) is 0 Å². The Labute approximate surface area is 202 Å². The van der Waals surface area contributed by atoms with Crippen LogP contribution in [0.1, 0.15) is 55.4 Å². The maximum atomic E-state index is 4.04. The summed E-state index contributed by atoms with van der Waals surface area (Å²) < 4.78 is 5.46. The van der Waals surface area contributed by atoms with Gasteiger partial charge in [-0.25, -0.2) is 0 Å². The normalized spacial score (nSPS) is 16.0. The monoisotopic (exact) mass is 658 g/mol. The van der Waals surface area contributed by atoms with E-state index in [9.17, 15) is 0 Å². The van der Waals surface area contributed by atoms with Gasteiger partial charge in [0.2, 0.25) is 0 Å². The van der Waals surface area contributed by atoms with Crippen molar-refractivity contribution in [2.24, 2.45) is 0 Å². The fourth-order valence-corrected chi connectivity index (χ4v) is 22.0. The molecule has 0 fully saturated rings. The third-order valence-electron chi connectivity index (χ3n) is 6.11.